The average Bonchev–Trinajstić information content (AvgIpc) is 2.43. The highest BCUT2D eigenvalue weighted by Crippen LogP contribution is 2.23. The number of halogens is 1. The minimum absolute atomic E-state index is 0.0324. The van der Waals surface area contributed by atoms with Crippen LogP contribution in [0.3, 0.4) is 0 Å². The Hall–Kier alpha value is -2.07. The van der Waals surface area contributed by atoms with E-state index in [2.05, 4.69) is 10.3 Å². The van der Waals surface area contributed by atoms with Crippen molar-refractivity contribution in [3.8, 4) is 5.75 Å². The molecule has 2 aromatic rings. The molecule has 0 atom stereocenters. The van der Waals surface area contributed by atoms with Crippen molar-refractivity contribution in [2.45, 2.75) is 6.42 Å². The van der Waals surface area contributed by atoms with Crippen LogP contribution >= 0.6 is 11.6 Å². The van der Waals surface area contributed by atoms with Gasteiger partial charge in [-0.05, 0) is 42.3 Å². The Labute approximate surface area is 116 Å². The highest BCUT2D eigenvalue weighted by molar-refractivity contribution is 6.32. The molecule has 0 saturated carbocycles. The number of nitrogens with one attached hydrogen (secondary N) is 1. The molecular formula is C14H13ClN2O2. The van der Waals surface area contributed by atoms with E-state index in [9.17, 15) is 9.90 Å². The number of phenols is 1. The van der Waals surface area contributed by atoms with Crippen molar-refractivity contribution in [2.24, 2.45) is 0 Å². The molecule has 2 rings (SSSR count). The minimum atomic E-state index is -0.212. The molecule has 1 aromatic heterocycles. The fraction of sp³-hybridized carbons (Fsp3) is 0.143. The van der Waals surface area contributed by atoms with Crippen LogP contribution in [0.2, 0.25) is 5.02 Å². The molecule has 0 radical (unpaired) electrons. The summed E-state index contributed by atoms with van der Waals surface area (Å²) in [7, 11) is 0. The molecule has 98 valence electrons. The first-order chi connectivity index (χ1) is 9.16. The first kappa shape index (κ1) is 13.4. The van der Waals surface area contributed by atoms with Crippen molar-refractivity contribution in [1.82, 2.24) is 10.3 Å². The average molecular weight is 277 g/mol. The third-order valence-electron chi connectivity index (χ3n) is 2.66. The summed E-state index contributed by atoms with van der Waals surface area (Å²) in [4.78, 5) is 15.8. The number of pyridine rings is 1. The molecular weight excluding hydrogens is 264 g/mol. The Morgan fingerprint density at radius 3 is 2.68 bits per heavy atom. The van der Waals surface area contributed by atoms with Gasteiger partial charge in [0, 0.05) is 24.5 Å². The summed E-state index contributed by atoms with van der Waals surface area (Å²) < 4.78 is 0. The lowest BCUT2D eigenvalue weighted by Crippen LogP contribution is -2.25. The van der Waals surface area contributed by atoms with Gasteiger partial charge in [-0.25, -0.2) is 0 Å². The molecule has 19 heavy (non-hydrogen) atoms. The van der Waals surface area contributed by atoms with Gasteiger partial charge < -0.3 is 10.4 Å². The van der Waals surface area contributed by atoms with E-state index in [1.807, 2.05) is 12.1 Å². The number of amides is 1. The van der Waals surface area contributed by atoms with Crippen molar-refractivity contribution in [1.29, 1.82) is 0 Å². The topological polar surface area (TPSA) is 62.2 Å². The molecule has 1 amide bonds. The van der Waals surface area contributed by atoms with E-state index >= 15 is 0 Å². The van der Waals surface area contributed by atoms with Crippen LogP contribution in [0, 0.1) is 0 Å². The van der Waals surface area contributed by atoms with E-state index in [1.165, 1.54) is 18.2 Å². The third kappa shape index (κ3) is 3.69. The van der Waals surface area contributed by atoms with Gasteiger partial charge in [-0.1, -0.05) is 11.6 Å². The molecule has 0 fully saturated rings. The summed E-state index contributed by atoms with van der Waals surface area (Å²) in [6.07, 6.45) is 4.17. The lowest BCUT2D eigenvalue weighted by molar-refractivity contribution is 0.0954. The largest absolute Gasteiger partial charge is 0.506 e. The second-order valence-corrected chi connectivity index (χ2v) is 4.43. The van der Waals surface area contributed by atoms with Crippen molar-refractivity contribution in [2.75, 3.05) is 6.54 Å². The molecule has 0 saturated heterocycles. The zero-order valence-corrected chi connectivity index (χ0v) is 10.9. The number of carbonyl (C=O) groups excluding carboxylic acids is 1. The predicted molar refractivity (Wildman–Crippen MR) is 73.4 cm³/mol. The van der Waals surface area contributed by atoms with E-state index in [0.717, 1.165) is 12.0 Å². The number of rotatable bonds is 4. The lowest BCUT2D eigenvalue weighted by atomic mass is 10.2. The van der Waals surface area contributed by atoms with Crippen LogP contribution in [0.1, 0.15) is 15.9 Å². The SMILES string of the molecule is O=C(NCCc1ccncc1)c1ccc(O)c(Cl)c1. The second-order valence-electron chi connectivity index (χ2n) is 4.03. The summed E-state index contributed by atoms with van der Waals surface area (Å²) in [6.45, 7) is 0.529. The van der Waals surface area contributed by atoms with Gasteiger partial charge >= 0.3 is 0 Å². The summed E-state index contributed by atoms with van der Waals surface area (Å²) in [5.74, 6) is -0.244. The van der Waals surface area contributed by atoms with Gasteiger partial charge in [0.2, 0.25) is 0 Å². The molecule has 0 spiro atoms. The van der Waals surface area contributed by atoms with E-state index in [0.29, 0.717) is 12.1 Å². The Kier molecular flexibility index (Phi) is 4.36. The van der Waals surface area contributed by atoms with Crippen molar-refractivity contribution >= 4 is 17.5 Å². The van der Waals surface area contributed by atoms with Crippen LogP contribution in [0.5, 0.6) is 5.75 Å². The minimum Gasteiger partial charge on any atom is -0.506 e. The maximum absolute atomic E-state index is 11.8. The fourth-order valence-corrected chi connectivity index (χ4v) is 1.80. The molecule has 0 unspecified atom stereocenters. The lowest BCUT2D eigenvalue weighted by Gasteiger charge is -2.06. The molecule has 0 bridgehead atoms. The third-order valence-corrected chi connectivity index (χ3v) is 2.96. The molecule has 1 heterocycles. The van der Waals surface area contributed by atoms with Crippen molar-refractivity contribution in [3.05, 3.63) is 58.9 Å². The first-order valence-electron chi connectivity index (χ1n) is 5.82. The molecule has 5 heteroatoms. The Morgan fingerprint density at radius 2 is 2.00 bits per heavy atom. The molecule has 0 aliphatic rings. The maximum Gasteiger partial charge on any atom is 0.251 e. The van der Waals surface area contributed by atoms with Gasteiger partial charge in [0.25, 0.3) is 5.91 Å². The van der Waals surface area contributed by atoms with Crippen LogP contribution in [0.25, 0.3) is 0 Å². The summed E-state index contributed by atoms with van der Waals surface area (Å²) in [6, 6.07) is 8.19. The monoisotopic (exact) mass is 276 g/mol. The molecule has 1 aromatic carbocycles. The summed E-state index contributed by atoms with van der Waals surface area (Å²) in [5.41, 5.74) is 1.54. The Bertz CT molecular complexity index is 573. The number of phenolic OH excluding ortho intramolecular Hbond substituents is 1. The summed E-state index contributed by atoms with van der Waals surface area (Å²) >= 11 is 5.75. The number of hydrogen-bond donors (Lipinski definition) is 2. The molecule has 2 N–H and O–H groups in total. The van der Waals surface area contributed by atoms with Crippen LogP contribution < -0.4 is 5.32 Å². The number of carbonyl (C=O) groups is 1. The Morgan fingerprint density at radius 1 is 1.26 bits per heavy atom. The smallest absolute Gasteiger partial charge is 0.251 e. The van der Waals surface area contributed by atoms with Crippen LogP contribution in [-0.4, -0.2) is 22.5 Å². The first-order valence-corrected chi connectivity index (χ1v) is 6.20. The van der Waals surface area contributed by atoms with E-state index in [-0.39, 0.29) is 16.7 Å². The van der Waals surface area contributed by atoms with Gasteiger partial charge in [0.1, 0.15) is 5.75 Å². The fourth-order valence-electron chi connectivity index (χ4n) is 1.62. The van der Waals surface area contributed by atoms with Crippen LogP contribution in [0.4, 0.5) is 0 Å². The highest BCUT2D eigenvalue weighted by atomic mass is 35.5. The zero-order valence-electron chi connectivity index (χ0n) is 10.1. The van der Waals surface area contributed by atoms with E-state index in [4.69, 9.17) is 11.6 Å². The van der Waals surface area contributed by atoms with Crippen molar-refractivity contribution < 1.29 is 9.90 Å². The summed E-state index contributed by atoms with van der Waals surface area (Å²) in [5, 5.41) is 12.2. The number of hydrogen-bond acceptors (Lipinski definition) is 3. The van der Waals surface area contributed by atoms with Gasteiger partial charge in [-0.2, -0.15) is 0 Å². The number of benzene rings is 1. The maximum atomic E-state index is 11.8. The van der Waals surface area contributed by atoms with Gasteiger partial charge in [-0.3, -0.25) is 9.78 Å². The Balaban J connectivity index is 1.89. The quantitative estimate of drug-likeness (QED) is 0.901. The number of nitrogens with zero attached hydrogens (tertiary/aromatic N) is 1. The van der Waals surface area contributed by atoms with E-state index < -0.39 is 0 Å². The number of aromatic nitrogens is 1. The molecule has 0 aliphatic carbocycles. The van der Waals surface area contributed by atoms with E-state index in [1.54, 1.807) is 12.4 Å². The highest BCUT2D eigenvalue weighted by Gasteiger charge is 2.07. The van der Waals surface area contributed by atoms with Crippen molar-refractivity contribution in [3.63, 3.8) is 0 Å². The van der Waals surface area contributed by atoms with Crippen LogP contribution in [-0.2, 0) is 6.42 Å². The van der Waals surface area contributed by atoms with Gasteiger partial charge in [0.05, 0.1) is 5.02 Å². The number of aromatic hydroxyl groups is 1. The van der Waals surface area contributed by atoms with Gasteiger partial charge in [0.15, 0.2) is 0 Å². The molecule has 4 nitrogen and oxygen atoms in total. The van der Waals surface area contributed by atoms with Crippen LogP contribution in [0.15, 0.2) is 42.7 Å². The normalized spacial score (nSPS) is 10.2. The predicted octanol–water partition coefficient (Wildman–Crippen LogP) is 2.41. The van der Waals surface area contributed by atoms with Gasteiger partial charge in [-0.15, -0.1) is 0 Å². The molecule has 0 aliphatic heterocycles. The zero-order chi connectivity index (χ0) is 13.7. The second kappa shape index (κ2) is 6.20. The standard InChI is InChI=1S/C14H13ClN2O2/c15-12-9-11(1-2-13(12)18)14(19)17-8-5-10-3-6-16-7-4-10/h1-4,6-7,9,18H,5,8H2,(H,17,19).